The molecule has 0 aromatic heterocycles. The van der Waals surface area contributed by atoms with E-state index in [1.54, 1.807) is 0 Å². The van der Waals surface area contributed by atoms with Gasteiger partial charge in [-0.15, -0.1) is 0 Å². The van der Waals surface area contributed by atoms with Gasteiger partial charge in [0.2, 0.25) is 0 Å². The quantitative estimate of drug-likeness (QED) is 0.544. The molecule has 0 amide bonds. The van der Waals surface area contributed by atoms with Crippen molar-refractivity contribution in [2.45, 2.75) is 0 Å². The van der Waals surface area contributed by atoms with Crippen LogP contribution in [0.15, 0.2) is 12.1 Å². The Labute approximate surface area is 71.5 Å². The topological polar surface area (TPSA) is 52.0 Å². The van der Waals surface area contributed by atoms with E-state index in [0.717, 1.165) is 0 Å². The predicted molar refractivity (Wildman–Crippen MR) is 47.9 cm³/mol. The smallest absolute Gasteiger partial charge is 0.138 e. The molecule has 0 radical (unpaired) electrons. The van der Waals surface area contributed by atoms with Gasteiger partial charge in [0.15, 0.2) is 0 Å². The number of rotatable bonds is 0. The number of hydrogen-bond donors (Lipinski definition) is 2. The summed E-state index contributed by atoms with van der Waals surface area (Å²) < 4.78 is 13.0. The average molecular weight is 252 g/mol. The molecule has 0 aliphatic rings. The van der Waals surface area contributed by atoms with Crippen LogP contribution in [0, 0.1) is 9.39 Å². The zero-order chi connectivity index (χ0) is 7.72. The number of halogens is 2. The molecule has 1 aromatic rings. The summed E-state index contributed by atoms with van der Waals surface area (Å²) in [6, 6.07) is 2.75. The molecule has 0 saturated heterocycles. The van der Waals surface area contributed by atoms with Gasteiger partial charge in [-0.1, -0.05) is 0 Å². The highest BCUT2D eigenvalue weighted by Crippen LogP contribution is 2.23. The van der Waals surface area contributed by atoms with E-state index in [4.69, 9.17) is 11.5 Å². The van der Waals surface area contributed by atoms with Gasteiger partial charge in [-0.05, 0) is 34.7 Å². The van der Waals surface area contributed by atoms with Gasteiger partial charge in [-0.2, -0.15) is 0 Å². The van der Waals surface area contributed by atoms with Crippen LogP contribution in [0.1, 0.15) is 0 Å². The predicted octanol–water partition coefficient (Wildman–Crippen LogP) is 1.59. The standard InChI is InChI=1S/C6H6FIN2/c7-3-1-2-4(9)6(10)5(3)8/h1-2H,9-10H2. The molecular weight excluding hydrogens is 246 g/mol. The SMILES string of the molecule is Nc1ccc(F)c(I)c1N. The van der Waals surface area contributed by atoms with Gasteiger partial charge in [0.1, 0.15) is 5.82 Å². The maximum Gasteiger partial charge on any atom is 0.138 e. The van der Waals surface area contributed by atoms with Gasteiger partial charge in [-0.25, -0.2) is 4.39 Å². The molecule has 0 saturated carbocycles. The second-order valence-electron chi connectivity index (χ2n) is 1.86. The lowest BCUT2D eigenvalue weighted by atomic mass is 10.3. The summed E-state index contributed by atoms with van der Waals surface area (Å²) in [4.78, 5) is 0. The lowest BCUT2D eigenvalue weighted by Gasteiger charge is -2.01. The van der Waals surface area contributed by atoms with E-state index in [9.17, 15) is 4.39 Å². The summed E-state index contributed by atoms with van der Waals surface area (Å²) in [5, 5.41) is 0. The fourth-order valence-corrected chi connectivity index (χ4v) is 1.07. The number of hydrogen-bond acceptors (Lipinski definition) is 2. The van der Waals surface area contributed by atoms with E-state index in [1.807, 2.05) is 22.6 Å². The first-order valence-electron chi connectivity index (χ1n) is 2.62. The fraction of sp³-hybridized carbons (Fsp3) is 0. The Bertz CT molecular complexity index is 235. The van der Waals surface area contributed by atoms with E-state index in [1.165, 1.54) is 12.1 Å². The molecule has 0 aliphatic heterocycles. The Kier molecular flexibility index (Phi) is 1.98. The second-order valence-corrected chi connectivity index (χ2v) is 2.94. The first-order valence-corrected chi connectivity index (χ1v) is 3.69. The van der Waals surface area contributed by atoms with Crippen molar-refractivity contribution in [3.8, 4) is 0 Å². The van der Waals surface area contributed by atoms with Crippen LogP contribution in [0.2, 0.25) is 0 Å². The Balaban J connectivity index is 3.34. The molecule has 54 valence electrons. The van der Waals surface area contributed by atoms with Crippen LogP contribution >= 0.6 is 22.6 Å². The minimum absolute atomic E-state index is 0.320. The summed E-state index contributed by atoms with van der Waals surface area (Å²) >= 11 is 1.81. The molecule has 0 aliphatic carbocycles. The maximum absolute atomic E-state index is 12.6. The highest BCUT2D eigenvalue weighted by Gasteiger charge is 2.04. The van der Waals surface area contributed by atoms with Crippen molar-refractivity contribution in [3.63, 3.8) is 0 Å². The van der Waals surface area contributed by atoms with Crippen LogP contribution in [0.3, 0.4) is 0 Å². The number of benzene rings is 1. The third-order valence-corrected chi connectivity index (χ3v) is 2.26. The number of nitrogen functional groups attached to an aromatic ring is 2. The van der Waals surface area contributed by atoms with Crippen molar-refractivity contribution < 1.29 is 4.39 Å². The van der Waals surface area contributed by atoms with Crippen LogP contribution in [0.5, 0.6) is 0 Å². The van der Waals surface area contributed by atoms with Crippen molar-refractivity contribution in [2.24, 2.45) is 0 Å². The molecule has 0 atom stereocenters. The largest absolute Gasteiger partial charge is 0.397 e. The summed E-state index contributed by atoms with van der Waals surface area (Å²) in [6.45, 7) is 0. The molecule has 4 N–H and O–H groups in total. The second kappa shape index (κ2) is 2.61. The first-order chi connectivity index (χ1) is 4.63. The molecule has 1 rings (SSSR count). The van der Waals surface area contributed by atoms with Gasteiger partial charge in [0.25, 0.3) is 0 Å². The molecule has 2 nitrogen and oxygen atoms in total. The van der Waals surface area contributed by atoms with Crippen molar-refractivity contribution in [2.75, 3.05) is 11.5 Å². The molecule has 0 spiro atoms. The van der Waals surface area contributed by atoms with Crippen molar-refractivity contribution in [3.05, 3.63) is 21.5 Å². The fourth-order valence-electron chi connectivity index (χ4n) is 0.581. The van der Waals surface area contributed by atoms with Gasteiger partial charge in [0, 0.05) is 0 Å². The Hall–Kier alpha value is -0.520. The van der Waals surface area contributed by atoms with Gasteiger partial charge in [-0.3, -0.25) is 0 Å². The number of nitrogens with two attached hydrogens (primary N) is 2. The molecule has 0 fully saturated rings. The van der Waals surface area contributed by atoms with E-state index in [-0.39, 0.29) is 5.82 Å². The molecule has 0 heterocycles. The van der Waals surface area contributed by atoms with Gasteiger partial charge < -0.3 is 11.5 Å². The summed E-state index contributed by atoms with van der Waals surface area (Å²) in [6.07, 6.45) is 0. The highest BCUT2D eigenvalue weighted by molar-refractivity contribution is 14.1. The van der Waals surface area contributed by atoms with Crippen molar-refractivity contribution in [1.29, 1.82) is 0 Å². The maximum atomic E-state index is 12.6. The van der Waals surface area contributed by atoms with Crippen LogP contribution in [0.25, 0.3) is 0 Å². The third kappa shape index (κ3) is 1.16. The highest BCUT2D eigenvalue weighted by atomic mass is 127. The minimum Gasteiger partial charge on any atom is -0.397 e. The summed E-state index contributed by atoms with van der Waals surface area (Å²) in [5.74, 6) is -0.327. The van der Waals surface area contributed by atoms with Crippen LogP contribution in [-0.4, -0.2) is 0 Å². The molecule has 10 heavy (non-hydrogen) atoms. The van der Waals surface area contributed by atoms with Gasteiger partial charge >= 0.3 is 0 Å². The van der Waals surface area contributed by atoms with Crippen LogP contribution < -0.4 is 11.5 Å². The Morgan fingerprint density at radius 3 is 2.40 bits per heavy atom. The lowest BCUT2D eigenvalue weighted by molar-refractivity contribution is 0.621. The summed E-state index contributed by atoms with van der Waals surface area (Å²) in [7, 11) is 0. The molecule has 1 aromatic carbocycles. The van der Waals surface area contributed by atoms with Crippen molar-refractivity contribution >= 4 is 34.0 Å². The molecule has 0 bridgehead atoms. The number of anilines is 2. The van der Waals surface area contributed by atoms with E-state index >= 15 is 0 Å². The minimum atomic E-state index is -0.327. The Morgan fingerprint density at radius 1 is 1.30 bits per heavy atom. The first kappa shape index (κ1) is 7.59. The zero-order valence-electron chi connectivity index (χ0n) is 5.07. The summed E-state index contributed by atoms with van der Waals surface area (Å²) in [5.41, 5.74) is 11.5. The third-order valence-electron chi connectivity index (χ3n) is 1.17. The van der Waals surface area contributed by atoms with Crippen molar-refractivity contribution in [1.82, 2.24) is 0 Å². The molecular formula is C6H6FIN2. The molecule has 0 unspecified atom stereocenters. The lowest BCUT2D eigenvalue weighted by Crippen LogP contribution is -1.98. The zero-order valence-corrected chi connectivity index (χ0v) is 7.22. The average Bonchev–Trinajstić information content (AvgIpc) is 1.93. The van der Waals surface area contributed by atoms with Gasteiger partial charge in [0.05, 0.1) is 14.9 Å². The Morgan fingerprint density at radius 2 is 1.90 bits per heavy atom. The van der Waals surface area contributed by atoms with E-state index in [2.05, 4.69) is 0 Å². The molecule has 4 heteroatoms. The van der Waals surface area contributed by atoms with Crippen LogP contribution in [-0.2, 0) is 0 Å². The van der Waals surface area contributed by atoms with E-state index in [0.29, 0.717) is 14.9 Å². The normalized spacial score (nSPS) is 9.80. The monoisotopic (exact) mass is 252 g/mol. The van der Waals surface area contributed by atoms with Crippen LogP contribution in [0.4, 0.5) is 15.8 Å². The van der Waals surface area contributed by atoms with E-state index < -0.39 is 0 Å².